The lowest BCUT2D eigenvalue weighted by molar-refractivity contribution is 0.447. The van der Waals surface area contributed by atoms with Gasteiger partial charge >= 0.3 is 0 Å². The summed E-state index contributed by atoms with van der Waals surface area (Å²) in [6.45, 7) is 8.05. The minimum Gasteiger partial charge on any atom is -0.452 e. The van der Waals surface area contributed by atoms with Crippen LogP contribution >= 0.6 is 15.9 Å². The zero-order chi connectivity index (χ0) is 13.9. The summed E-state index contributed by atoms with van der Waals surface area (Å²) in [5, 5.41) is 3.16. The van der Waals surface area contributed by atoms with Crippen LogP contribution in [0.3, 0.4) is 0 Å². The van der Waals surface area contributed by atoms with Crippen LogP contribution in [0.1, 0.15) is 33.5 Å². The van der Waals surface area contributed by atoms with Crippen LogP contribution < -0.4 is 10.0 Å². The third-order valence-corrected chi connectivity index (χ3v) is 4.59. The average molecular weight is 339 g/mol. The summed E-state index contributed by atoms with van der Waals surface area (Å²) >= 11 is 3.14. The highest BCUT2D eigenvalue weighted by atomic mass is 79.9. The van der Waals surface area contributed by atoms with Gasteiger partial charge < -0.3 is 9.73 Å². The Kier molecular flexibility index (Phi) is 5.39. The van der Waals surface area contributed by atoms with Crippen molar-refractivity contribution in [2.75, 3.05) is 0 Å². The van der Waals surface area contributed by atoms with E-state index in [9.17, 15) is 8.42 Å². The van der Waals surface area contributed by atoms with E-state index in [2.05, 4.69) is 26.0 Å². The Bertz CT molecular complexity index is 494. The molecule has 1 aromatic heterocycles. The van der Waals surface area contributed by atoms with Crippen LogP contribution in [0.25, 0.3) is 0 Å². The summed E-state index contributed by atoms with van der Waals surface area (Å²) in [6, 6.07) is 1.68. The van der Waals surface area contributed by atoms with Crippen LogP contribution in [0.15, 0.2) is 20.0 Å². The molecular formula is C11H19BrN2O3S. The SMILES string of the molecule is CC(C)NCc1cc(S(=O)(=O)NC(C)C)c(Br)o1. The van der Waals surface area contributed by atoms with Gasteiger partial charge in [-0.15, -0.1) is 0 Å². The van der Waals surface area contributed by atoms with Crippen molar-refractivity contribution in [2.45, 2.75) is 51.2 Å². The first-order valence-electron chi connectivity index (χ1n) is 5.76. The van der Waals surface area contributed by atoms with E-state index in [1.807, 2.05) is 13.8 Å². The fraction of sp³-hybridized carbons (Fsp3) is 0.636. The van der Waals surface area contributed by atoms with Crippen LogP contribution in [0.2, 0.25) is 0 Å². The van der Waals surface area contributed by atoms with Gasteiger partial charge in [-0.2, -0.15) is 0 Å². The van der Waals surface area contributed by atoms with Crippen molar-refractivity contribution in [3.63, 3.8) is 0 Å². The predicted molar refractivity (Wildman–Crippen MR) is 73.8 cm³/mol. The maximum Gasteiger partial charge on any atom is 0.245 e. The molecule has 0 aromatic carbocycles. The second kappa shape index (κ2) is 6.18. The summed E-state index contributed by atoms with van der Waals surface area (Å²) in [6.07, 6.45) is 0. The summed E-state index contributed by atoms with van der Waals surface area (Å²) in [5.41, 5.74) is 0. The van der Waals surface area contributed by atoms with Gasteiger partial charge in [-0.1, -0.05) is 13.8 Å². The number of hydrogen-bond donors (Lipinski definition) is 2. The molecule has 5 nitrogen and oxygen atoms in total. The molecule has 0 spiro atoms. The van der Waals surface area contributed by atoms with Crippen LogP contribution in [-0.2, 0) is 16.6 Å². The molecule has 0 saturated heterocycles. The Morgan fingerprint density at radius 1 is 1.28 bits per heavy atom. The Labute approximate surface area is 117 Å². The Morgan fingerprint density at radius 3 is 2.39 bits per heavy atom. The fourth-order valence-electron chi connectivity index (χ4n) is 1.35. The molecule has 0 aliphatic heterocycles. The van der Waals surface area contributed by atoms with Crippen LogP contribution in [0, 0.1) is 0 Å². The lowest BCUT2D eigenvalue weighted by Gasteiger charge is -2.07. The van der Waals surface area contributed by atoms with Crippen molar-refractivity contribution in [3.8, 4) is 0 Å². The first kappa shape index (κ1) is 15.7. The molecule has 0 aliphatic carbocycles. The molecule has 104 valence electrons. The fourth-order valence-corrected chi connectivity index (χ4v) is 3.60. The third kappa shape index (κ3) is 4.38. The zero-order valence-electron chi connectivity index (χ0n) is 11.0. The molecule has 18 heavy (non-hydrogen) atoms. The molecule has 0 saturated carbocycles. The van der Waals surface area contributed by atoms with Gasteiger partial charge in [-0.25, -0.2) is 13.1 Å². The van der Waals surface area contributed by atoms with Crippen LogP contribution in [-0.4, -0.2) is 20.5 Å². The lowest BCUT2D eigenvalue weighted by atomic mass is 10.3. The van der Waals surface area contributed by atoms with Crippen molar-refractivity contribution in [1.82, 2.24) is 10.0 Å². The number of rotatable bonds is 6. The van der Waals surface area contributed by atoms with Crippen molar-refractivity contribution < 1.29 is 12.8 Å². The van der Waals surface area contributed by atoms with E-state index in [0.717, 1.165) is 0 Å². The predicted octanol–water partition coefficient (Wildman–Crippen LogP) is 2.23. The van der Waals surface area contributed by atoms with Gasteiger partial charge in [0.1, 0.15) is 10.7 Å². The van der Waals surface area contributed by atoms with E-state index in [1.54, 1.807) is 13.8 Å². The third-order valence-electron chi connectivity index (χ3n) is 2.07. The number of hydrogen-bond acceptors (Lipinski definition) is 4. The number of sulfonamides is 1. The monoisotopic (exact) mass is 338 g/mol. The molecule has 0 atom stereocenters. The van der Waals surface area contributed by atoms with Crippen molar-refractivity contribution in [1.29, 1.82) is 0 Å². The first-order chi connectivity index (χ1) is 8.22. The highest BCUT2D eigenvalue weighted by molar-refractivity contribution is 9.10. The van der Waals surface area contributed by atoms with Gasteiger partial charge in [0.05, 0.1) is 6.54 Å². The Morgan fingerprint density at radius 2 is 1.89 bits per heavy atom. The van der Waals surface area contributed by atoms with Crippen LogP contribution in [0.5, 0.6) is 0 Å². The van der Waals surface area contributed by atoms with Gasteiger partial charge in [0.25, 0.3) is 0 Å². The molecule has 1 rings (SSSR count). The second-order valence-electron chi connectivity index (χ2n) is 4.66. The van der Waals surface area contributed by atoms with E-state index < -0.39 is 10.0 Å². The Hall–Kier alpha value is -0.370. The minimum absolute atomic E-state index is 0.136. The smallest absolute Gasteiger partial charge is 0.245 e. The van der Waals surface area contributed by atoms with E-state index >= 15 is 0 Å². The average Bonchev–Trinajstić information content (AvgIpc) is 2.55. The quantitative estimate of drug-likeness (QED) is 0.834. The maximum absolute atomic E-state index is 12.0. The molecule has 0 aliphatic rings. The number of halogens is 1. The van der Waals surface area contributed by atoms with Gasteiger partial charge in [-0.05, 0) is 29.8 Å². The first-order valence-corrected chi connectivity index (χ1v) is 8.04. The second-order valence-corrected chi connectivity index (χ2v) is 7.06. The van der Waals surface area contributed by atoms with Crippen LogP contribution in [0.4, 0.5) is 0 Å². The highest BCUT2D eigenvalue weighted by Crippen LogP contribution is 2.26. The molecule has 0 fully saturated rings. The molecule has 7 heteroatoms. The van der Waals surface area contributed by atoms with E-state index in [0.29, 0.717) is 18.3 Å². The molecular weight excluding hydrogens is 320 g/mol. The summed E-state index contributed by atoms with van der Waals surface area (Å²) < 4.78 is 32.1. The van der Waals surface area contributed by atoms with Crippen molar-refractivity contribution >= 4 is 26.0 Å². The molecule has 1 aromatic rings. The van der Waals surface area contributed by atoms with Gasteiger partial charge in [0, 0.05) is 18.2 Å². The molecule has 0 bridgehead atoms. The molecule has 0 unspecified atom stereocenters. The molecule has 2 N–H and O–H groups in total. The minimum atomic E-state index is -3.53. The maximum atomic E-state index is 12.0. The van der Waals surface area contributed by atoms with Crippen molar-refractivity contribution in [2.24, 2.45) is 0 Å². The van der Waals surface area contributed by atoms with Gasteiger partial charge in [0.2, 0.25) is 10.0 Å². The number of furan rings is 1. The zero-order valence-corrected chi connectivity index (χ0v) is 13.4. The summed E-state index contributed by atoms with van der Waals surface area (Å²) in [5.74, 6) is 0.583. The Balaban J connectivity index is 2.91. The standard InChI is InChI=1S/C11H19BrN2O3S/c1-7(2)13-6-9-5-10(11(12)17-9)18(15,16)14-8(3)4/h5,7-8,13-14H,6H2,1-4H3. The number of nitrogens with one attached hydrogen (secondary N) is 2. The molecule has 1 heterocycles. The summed E-state index contributed by atoms with van der Waals surface area (Å²) in [7, 11) is -3.53. The largest absolute Gasteiger partial charge is 0.452 e. The van der Waals surface area contributed by atoms with Gasteiger partial charge in [-0.3, -0.25) is 0 Å². The lowest BCUT2D eigenvalue weighted by Crippen LogP contribution is -2.30. The molecule has 0 radical (unpaired) electrons. The highest BCUT2D eigenvalue weighted by Gasteiger charge is 2.23. The van der Waals surface area contributed by atoms with E-state index in [4.69, 9.17) is 4.42 Å². The normalized spacial score (nSPS) is 12.6. The van der Waals surface area contributed by atoms with E-state index in [-0.39, 0.29) is 15.6 Å². The topological polar surface area (TPSA) is 71.3 Å². The molecule has 0 amide bonds. The summed E-state index contributed by atoms with van der Waals surface area (Å²) in [4.78, 5) is 0.136. The van der Waals surface area contributed by atoms with E-state index in [1.165, 1.54) is 6.07 Å². The van der Waals surface area contributed by atoms with Gasteiger partial charge in [0.15, 0.2) is 4.67 Å². The van der Waals surface area contributed by atoms with Crippen molar-refractivity contribution in [3.05, 3.63) is 16.5 Å².